The van der Waals surface area contributed by atoms with Gasteiger partial charge in [0, 0.05) is 47.4 Å². The Balaban J connectivity index is 1.65. The Labute approximate surface area is 248 Å². The fourth-order valence-electron chi connectivity index (χ4n) is 5.14. The molecule has 1 aliphatic heterocycles. The van der Waals surface area contributed by atoms with Crippen molar-refractivity contribution in [2.75, 3.05) is 15.0 Å². The van der Waals surface area contributed by atoms with Gasteiger partial charge in [0.25, 0.3) is 11.8 Å². The Morgan fingerprint density at radius 2 is 1.84 bits per heavy atom. The third-order valence-electron chi connectivity index (χ3n) is 7.18. The summed E-state index contributed by atoms with van der Waals surface area (Å²) in [5.74, 6) is -8.35. The van der Waals surface area contributed by atoms with Crippen LogP contribution in [0.1, 0.15) is 36.4 Å². The van der Waals surface area contributed by atoms with Crippen LogP contribution in [0.15, 0.2) is 60.8 Å². The molecule has 15 heteroatoms. The molecule has 0 bridgehead atoms. The van der Waals surface area contributed by atoms with E-state index in [2.05, 4.69) is 10.3 Å². The molecule has 1 saturated heterocycles. The van der Waals surface area contributed by atoms with Crippen molar-refractivity contribution in [3.05, 3.63) is 88.6 Å². The highest BCUT2D eigenvalue weighted by Gasteiger charge is 2.49. The molecule has 2 atom stereocenters. The van der Waals surface area contributed by atoms with Crippen LogP contribution in [0.5, 0.6) is 0 Å². The van der Waals surface area contributed by atoms with Gasteiger partial charge in [-0.1, -0.05) is 29.8 Å². The highest BCUT2D eigenvalue weighted by atomic mass is 35.5. The number of rotatable bonds is 7. The summed E-state index contributed by atoms with van der Waals surface area (Å²) < 4.78 is 82.8. The number of nitrogens with zero attached hydrogens (tertiary/aromatic N) is 4. The Kier molecular flexibility index (Phi) is 8.06. The van der Waals surface area contributed by atoms with Crippen molar-refractivity contribution in [3.63, 3.8) is 0 Å². The summed E-state index contributed by atoms with van der Waals surface area (Å²) in [6.07, 6.45) is -0.401. The fourth-order valence-corrected chi connectivity index (χ4v) is 7.07. The van der Waals surface area contributed by atoms with E-state index in [1.54, 1.807) is 0 Å². The second-order valence-corrected chi connectivity index (χ2v) is 12.5. The van der Waals surface area contributed by atoms with Gasteiger partial charge < -0.3 is 5.32 Å². The highest BCUT2D eigenvalue weighted by Crippen LogP contribution is 2.40. The molecule has 1 aromatic heterocycles. The Bertz CT molecular complexity index is 1740. The van der Waals surface area contributed by atoms with Crippen molar-refractivity contribution in [2.24, 2.45) is 0 Å². The van der Waals surface area contributed by atoms with Crippen molar-refractivity contribution < 1.29 is 35.6 Å². The zero-order chi connectivity index (χ0) is 31.1. The van der Waals surface area contributed by atoms with E-state index in [0.717, 1.165) is 21.3 Å². The minimum atomic E-state index is -4.17. The monoisotopic (exact) mass is 635 g/mol. The van der Waals surface area contributed by atoms with Crippen LogP contribution in [0.2, 0.25) is 5.02 Å². The number of anilines is 2. The largest absolute Gasteiger partial charge is 0.351 e. The number of hydrogen-bond acceptors (Lipinski definition) is 6. The van der Waals surface area contributed by atoms with E-state index in [-0.39, 0.29) is 34.1 Å². The van der Waals surface area contributed by atoms with Crippen LogP contribution in [0.3, 0.4) is 0 Å². The molecule has 1 aliphatic carbocycles. The number of alkyl halides is 2. The maximum absolute atomic E-state index is 14.6. The molecule has 224 valence electrons. The van der Waals surface area contributed by atoms with Crippen LogP contribution in [0.4, 0.5) is 29.1 Å². The zero-order valence-electron chi connectivity index (χ0n) is 22.1. The van der Waals surface area contributed by atoms with Crippen LogP contribution < -0.4 is 14.5 Å². The number of pyridine rings is 1. The van der Waals surface area contributed by atoms with E-state index in [9.17, 15) is 40.8 Å². The number of sulfonamides is 1. The molecule has 2 heterocycles. The lowest BCUT2D eigenvalue weighted by Gasteiger charge is -2.39. The van der Waals surface area contributed by atoms with Crippen molar-refractivity contribution in [1.29, 1.82) is 5.26 Å². The normalized spacial score (nSPS) is 19.6. The van der Waals surface area contributed by atoms with Crippen LogP contribution in [-0.4, -0.2) is 49.0 Å². The van der Waals surface area contributed by atoms with Gasteiger partial charge in [-0.3, -0.25) is 14.5 Å². The first kappa shape index (κ1) is 30.2. The summed E-state index contributed by atoms with van der Waals surface area (Å²) in [5.41, 5.74) is -0.255. The lowest BCUT2D eigenvalue weighted by Crippen LogP contribution is -2.56. The molecular weight excluding hydrogens is 614 g/mol. The number of carbonyl (C=O) groups excluding carboxylic acids is 2. The summed E-state index contributed by atoms with van der Waals surface area (Å²) in [5, 5.41) is 11.8. The maximum atomic E-state index is 14.6. The standard InChI is InChI=1S/C28H22ClF4N5O4S/c29-20-4-2-1-3-19(20)25(26(39)36-17-13-28(32,33)14-17)37(18-5-6-21(30)22(31)12-18)27(40)23-8-10-43(41,42)38(23)24-11-16(15-34)7-9-35-24/h1-7,9,11-12,17,23,25H,8,10,13-14H2,(H,36,39)/t23-,25?/m0/s1. The summed E-state index contributed by atoms with van der Waals surface area (Å²) >= 11 is 6.43. The first-order chi connectivity index (χ1) is 20.3. The van der Waals surface area contributed by atoms with Crippen molar-refractivity contribution in [1.82, 2.24) is 10.3 Å². The number of carbonyl (C=O) groups is 2. The molecule has 43 heavy (non-hydrogen) atoms. The zero-order valence-corrected chi connectivity index (χ0v) is 23.6. The molecule has 1 saturated carbocycles. The molecule has 2 aliphatic rings. The van der Waals surface area contributed by atoms with Gasteiger partial charge in [0.2, 0.25) is 15.9 Å². The van der Waals surface area contributed by atoms with Gasteiger partial charge in [-0.05, 0) is 36.8 Å². The van der Waals surface area contributed by atoms with E-state index in [1.807, 2.05) is 6.07 Å². The van der Waals surface area contributed by atoms with Gasteiger partial charge in [0.1, 0.15) is 17.9 Å². The molecule has 1 N–H and O–H groups in total. The summed E-state index contributed by atoms with van der Waals surface area (Å²) in [4.78, 5) is 33.0. The smallest absolute Gasteiger partial charge is 0.252 e. The van der Waals surface area contributed by atoms with E-state index >= 15 is 0 Å². The number of nitrogens with one attached hydrogen (secondary N) is 1. The van der Waals surface area contributed by atoms with Gasteiger partial charge in [-0.2, -0.15) is 5.26 Å². The highest BCUT2D eigenvalue weighted by molar-refractivity contribution is 7.93. The third kappa shape index (κ3) is 6.00. The molecule has 0 radical (unpaired) electrons. The summed E-state index contributed by atoms with van der Waals surface area (Å²) in [6.45, 7) is 0. The van der Waals surface area contributed by atoms with E-state index in [4.69, 9.17) is 11.6 Å². The minimum Gasteiger partial charge on any atom is -0.351 e. The van der Waals surface area contributed by atoms with Crippen molar-refractivity contribution >= 4 is 44.9 Å². The number of hydrogen-bond donors (Lipinski definition) is 1. The topological polar surface area (TPSA) is 123 Å². The molecule has 1 unspecified atom stereocenters. The molecule has 2 fully saturated rings. The van der Waals surface area contributed by atoms with Crippen LogP contribution in [0.25, 0.3) is 0 Å². The average molecular weight is 636 g/mol. The lowest BCUT2D eigenvalue weighted by molar-refractivity contribution is -0.133. The van der Waals surface area contributed by atoms with Crippen LogP contribution in [0, 0.1) is 23.0 Å². The molecule has 3 aromatic rings. The lowest BCUT2D eigenvalue weighted by atomic mass is 9.87. The van der Waals surface area contributed by atoms with Gasteiger partial charge in [0.05, 0.1) is 17.4 Å². The first-order valence-corrected chi connectivity index (χ1v) is 14.9. The number of benzene rings is 2. The molecular formula is C28H22ClF4N5O4S. The van der Waals surface area contributed by atoms with Gasteiger partial charge in [-0.15, -0.1) is 0 Å². The SMILES string of the molecule is N#Cc1ccnc(N2[C@H](C(=O)N(c3ccc(F)c(F)c3)C(C(=O)NC3CC(F)(F)C3)c3ccccc3Cl)CCS2(=O)=O)c1. The van der Waals surface area contributed by atoms with E-state index < -0.39 is 76.1 Å². The number of aromatic nitrogens is 1. The minimum absolute atomic E-state index is 0.0127. The third-order valence-corrected chi connectivity index (χ3v) is 9.32. The number of halogens is 5. The predicted octanol–water partition coefficient (Wildman–Crippen LogP) is 4.48. The average Bonchev–Trinajstić information content (AvgIpc) is 3.27. The number of nitriles is 1. The summed E-state index contributed by atoms with van der Waals surface area (Å²) in [6, 6.07) is 8.39. The maximum Gasteiger partial charge on any atom is 0.252 e. The Morgan fingerprint density at radius 1 is 1.12 bits per heavy atom. The first-order valence-electron chi connectivity index (χ1n) is 12.9. The molecule has 5 rings (SSSR count). The predicted molar refractivity (Wildman–Crippen MR) is 148 cm³/mol. The molecule has 2 amide bonds. The van der Waals surface area contributed by atoms with Crippen LogP contribution in [-0.2, 0) is 19.6 Å². The Hall–Kier alpha value is -4.22. The number of amides is 2. The quantitative estimate of drug-likeness (QED) is 0.382. The molecule has 2 aromatic carbocycles. The summed E-state index contributed by atoms with van der Waals surface area (Å²) in [7, 11) is -4.17. The Morgan fingerprint density at radius 3 is 2.49 bits per heavy atom. The van der Waals surface area contributed by atoms with E-state index in [1.165, 1.54) is 42.6 Å². The second kappa shape index (κ2) is 11.5. The van der Waals surface area contributed by atoms with Crippen LogP contribution >= 0.6 is 11.6 Å². The van der Waals surface area contributed by atoms with Gasteiger partial charge in [0.15, 0.2) is 11.6 Å². The van der Waals surface area contributed by atoms with E-state index in [0.29, 0.717) is 6.07 Å². The second-order valence-electron chi connectivity index (χ2n) is 10.1. The molecule has 9 nitrogen and oxygen atoms in total. The van der Waals surface area contributed by atoms with Gasteiger partial charge >= 0.3 is 0 Å². The van der Waals surface area contributed by atoms with Crippen molar-refractivity contribution in [2.45, 2.75) is 43.3 Å². The molecule has 0 spiro atoms. The van der Waals surface area contributed by atoms with Gasteiger partial charge in [-0.25, -0.2) is 35.3 Å². The van der Waals surface area contributed by atoms with Crippen molar-refractivity contribution in [3.8, 4) is 6.07 Å². The fraction of sp³-hybridized carbons (Fsp3) is 0.286.